The van der Waals surface area contributed by atoms with Crippen LogP contribution in [0.5, 0.6) is 0 Å². The molecule has 1 amide bonds. The van der Waals surface area contributed by atoms with Gasteiger partial charge in [0, 0.05) is 25.6 Å². The molecular formula is C10H20N2O. The minimum Gasteiger partial charge on any atom is -0.338 e. The van der Waals surface area contributed by atoms with Crippen LogP contribution in [0.2, 0.25) is 0 Å². The van der Waals surface area contributed by atoms with Crippen molar-refractivity contribution in [3.8, 4) is 0 Å². The van der Waals surface area contributed by atoms with Gasteiger partial charge in [0.1, 0.15) is 0 Å². The Morgan fingerprint density at radius 3 is 2.69 bits per heavy atom. The van der Waals surface area contributed by atoms with Gasteiger partial charge in [-0.2, -0.15) is 0 Å². The summed E-state index contributed by atoms with van der Waals surface area (Å²) >= 11 is 0. The van der Waals surface area contributed by atoms with Crippen molar-refractivity contribution >= 4 is 5.91 Å². The highest BCUT2D eigenvalue weighted by molar-refractivity contribution is 5.73. The zero-order chi connectivity index (χ0) is 9.84. The molecule has 2 atom stereocenters. The van der Waals surface area contributed by atoms with Crippen molar-refractivity contribution in [1.82, 2.24) is 4.90 Å². The molecule has 1 aliphatic heterocycles. The molecule has 0 aromatic rings. The van der Waals surface area contributed by atoms with Crippen LogP contribution in [0.25, 0.3) is 0 Å². The monoisotopic (exact) mass is 184 g/mol. The van der Waals surface area contributed by atoms with Crippen molar-refractivity contribution in [3.05, 3.63) is 0 Å². The summed E-state index contributed by atoms with van der Waals surface area (Å²) < 4.78 is 0. The van der Waals surface area contributed by atoms with Crippen molar-refractivity contribution < 1.29 is 4.79 Å². The van der Waals surface area contributed by atoms with E-state index < -0.39 is 0 Å². The number of hydrogen-bond acceptors (Lipinski definition) is 2. The highest BCUT2D eigenvalue weighted by atomic mass is 16.2. The lowest BCUT2D eigenvalue weighted by molar-refractivity contribution is -0.131. The third kappa shape index (κ3) is 2.69. The Labute approximate surface area is 80.3 Å². The summed E-state index contributed by atoms with van der Waals surface area (Å²) in [5, 5.41) is 0. The summed E-state index contributed by atoms with van der Waals surface area (Å²) in [6.07, 6.45) is 4.63. The quantitative estimate of drug-likeness (QED) is 0.664. The lowest BCUT2D eigenvalue weighted by atomic mass is 10.0. The Hall–Kier alpha value is -0.570. The Kier molecular flexibility index (Phi) is 3.72. The van der Waals surface area contributed by atoms with Crippen LogP contribution in [-0.2, 0) is 4.79 Å². The first-order valence-electron chi connectivity index (χ1n) is 5.15. The van der Waals surface area contributed by atoms with Crippen molar-refractivity contribution in [1.29, 1.82) is 0 Å². The number of nitrogens with two attached hydrogens (primary N) is 1. The molecule has 0 saturated carbocycles. The molecule has 0 spiro atoms. The molecule has 13 heavy (non-hydrogen) atoms. The molecule has 1 heterocycles. The molecule has 0 aromatic heterocycles. The number of rotatable bonds is 1. The predicted octanol–water partition coefficient (Wildman–Crippen LogP) is 1.12. The predicted molar refractivity (Wildman–Crippen MR) is 53.3 cm³/mol. The third-order valence-corrected chi connectivity index (χ3v) is 2.81. The van der Waals surface area contributed by atoms with E-state index in [1.54, 1.807) is 6.92 Å². The molecule has 3 heteroatoms. The first-order chi connectivity index (χ1) is 6.13. The van der Waals surface area contributed by atoms with Crippen LogP contribution >= 0.6 is 0 Å². The number of likely N-dealkylation sites (tertiary alicyclic amines) is 1. The summed E-state index contributed by atoms with van der Waals surface area (Å²) in [4.78, 5) is 13.3. The Bertz CT molecular complexity index is 180. The van der Waals surface area contributed by atoms with E-state index in [0.29, 0.717) is 0 Å². The van der Waals surface area contributed by atoms with Crippen LogP contribution < -0.4 is 5.73 Å². The van der Waals surface area contributed by atoms with E-state index in [1.165, 1.54) is 12.8 Å². The minimum absolute atomic E-state index is 0.0991. The van der Waals surface area contributed by atoms with E-state index in [9.17, 15) is 4.79 Å². The normalized spacial score (nSPS) is 26.7. The molecule has 1 aliphatic rings. The molecule has 0 bridgehead atoms. The van der Waals surface area contributed by atoms with E-state index in [4.69, 9.17) is 5.73 Å². The maximum absolute atomic E-state index is 11.3. The van der Waals surface area contributed by atoms with Gasteiger partial charge in [0.2, 0.25) is 5.91 Å². The van der Waals surface area contributed by atoms with Gasteiger partial charge in [-0.25, -0.2) is 0 Å². The van der Waals surface area contributed by atoms with Gasteiger partial charge in [-0.1, -0.05) is 12.8 Å². The van der Waals surface area contributed by atoms with Crippen LogP contribution in [-0.4, -0.2) is 29.4 Å². The number of carbonyl (C=O) groups excluding carboxylic acids is 1. The third-order valence-electron chi connectivity index (χ3n) is 2.81. The Morgan fingerprint density at radius 2 is 2.15 bits per heavy atom. The molecule has 0 radical (unpaired) electrons. The molecule has 3 nitrogen and oxygen atoms in total. The Balaban J connectivity index is 2.66. The first kappa shape index (κ1) is 10.5. The van der Waals surface area contributed by atoms with Gasteiger partial charge in [-0.3, -0.25) is 4.79 Å². The fourth-order valence-corrected chi connectivity index (χ4v) is 2.07. The fraction of sp³-hybridized carbons (Fsp3) is 0.900. The summed E-state index contributed by atoms with van der Waals surface area (Å²) in [5.74, 6) is 0.171. The minimum atomic E-state index is 0.0991. The van der Waals surface area contributed by atoms with Crippen LogP contribution in [0.3, 0.4) is 0 Å². The Morgan fingerprint density at radius 1 is 1.46 bits per heavy atom. The lowest BCUT2D eigenvalue weighted by Crippen LogP contribution is -2.48. The van der Waals surface area contributed by atoms with E-state index in [2.05, 4.69) is 0 Å². The molecule has 1 fully saturated rings. The second-order valence-corrected chi connectivity index (χ2v) is 3.99. The van der Waals surface area contributed by atoms with Gasteiger partial charge in [0.25, 0.3) is 0 Å². The average Bonchev–Trinajstić information content (AvgIpc) is 2.27. The summed E-state index contributed by atoms with van der Waals surface area (Å²) in [6.45, 7) is 4.52. The maximum Gasteiger partial charge on any atom is 0.219 e. The van der Waals surface area contributed by atoms with Crippen molar-refractivity contribution in [2.45, 2.75) is 51.6 Å². The van der Waals surface area contributed by atoms with Crippen LogP contribution in [0, 0.1) is 0 Å². The average molecular weight is 184 g/mol. The number of nitrogens with zero attached hydrogens (tertiary/aromatic N) is 1. The van der Waals surface area contributed by atoms with Gasteiger partial charge < -0.3 is 10.6 Å². The van der Waals surface area contributed by atoms with Gasteiger partial charge in [-0.15, -0.1) is 0 Å². The topological polar surface area (TPSA) is 46.3 Å². The van der Waals surface area contributed by atoms with Gasteiger partial charge in [0.15, 0.2) is 0 Å². The molecular weight excluding hydrogens is 164 g/mol. The molecule has 1 rings (SSSR count). The largest absolute Gasteiger partial charge is 0.338 e. The second kappa shape index (κ2) is 4.61. The maximum atomic E-state index is 11.3. The highest BCUT2D eigenvalue weighted by Crippen LogP contribution is 2.18. The summed E-state index contributed by atoms with van der Waals surface area (Å²) in [6, 6.07) is 0.363. The zero-order valence-electron chi connectivity index (χ0n) is 8.62. The van der Waals surface area contributed by atoms with E-state index >= 15 is 0 Å². The van der Waals surface area contributed by atoms with Crippen molar-refractivity contribution in [2.75, 3.05) is 6.54 Å². The van der Waals surface area contributed by atoms with Crippen LogP contribution in [0.1, 0.15) is 39.5 Å². The van der Waals surface area contributed by atoms with Crippen molar-refractivity contribution in [2.24, 2.45) is 5.73 Å². The highest BCUT2D eigenvalue weighted by Gasteiger charge is 2.25. The standard InChI is InChI=1S/C10H20N2O/c1-8(11)10-6-4-3-5-7-12(10)9(2)13/h8,10H,3-7,11H2,1-2H3. The van der Waals surface area contributed by atoms with E-state index in [-0.39, 0.29) is 18.0 Å². The molecule has 2 N–H and O–H groups in total. The van der Waals surface area contributed by atoms with Crippen molar-refractivity contribution in [3.63, 3.8) is 0 Å². The van der Waals surface area contributed by atoms with E-state index in [0.717, 1.165) is 19.4 Å². The zero-order valence-corrected chi connectivity index (χ0v) is 8.62. The fourth-order valence-electron chi connectivity index (χ4n) is 2.07. The van der Waals surface area contributed by atoms with E-state index in [1.807, 2.05) is 11.8 Å². The van der Waals surface area contributed by atoms with Gasteiger partial charge in [0.05, 0.1) is 0 Å². The first-order valence-corrected chi connectivity index (χ1v) is 5.15. The van der Waals surface area contributed by atoms with Gasteiger partial charge >= 0.3 is 0 Å². The molecule has 0 aliphatic carbocycles. The number of amides is 1. The molecule has 0 aromatic carbocycles. The summed E-state index contributed by atoms with van der Waals surface area (Å²) in [5.41, 5.74) is 5.87. The summed E-state index contributed by atoms with van der Waals surface area (Å²) in [7, 11) is 0. The molecule has 2 unspecified atom stereocenters. The smallest absolute Gasteiger partial charge is 0.219 e. The van der Waals surface area contributed by atoms with Crippen LogP contribution in [0.4, 0.5) is 0 Å². The molecule has 1 saturated heterocycles. The number of hydrogen-bond donors (Lipinski definition) is 1. The lowest BCUT2D eigenvalue weighted by Gasteiger charge is -2.31. The molecule has 76 valence electrons. The van der Waals surface area contributed by atoms with Crippen LogP contribution in [0.15, 0.2) is 0 Å². The SMILES string of the molecule is CC(=O)N1CCCCCC1C(C)N. The van der Waals surface area contributed by atoms with Gasteiger partial charge in [-0.05, 0) is 19.8 Å². The number of carbonyl (C=O) groups is 1. The second-order valence-electron chi connectivity index (χ2n) is 3.99.